The van der Waals surface area contributed by atoms with Crippen molar-refractivity contribution in [3.63, 3.8) is 0 Å². The summed E-state index contributed by atoms with van der Waals surface area (Å²) < 4.78 is 34.2. The minimum absolute atomic E-state index is 0.156. The highest BCUT2D eigenvalue weighted by Crippen LogP contribution is 2.32. The van der Waals surface area contributed by atoms with Crippen molar-refractivity contribution < 1.29 is 17.9 Å². The lowest BCUT2D eigenvalue weighted by molar-refractivity contribution is 0.0916. The first-order chi connectivity index (χ1) is 13.0. The van der Waals surface area contributed by atoms with Crippen LogP contribution in [0.1, 0.15) is 41.4 Å². The SMILES string of the molecule is Cn1cc(S(=O)(=O)N2CCCC2)cc1C(=O)N[C@H]1CCOc2ccccc21. The average molecular weight is 389 g/mol. The van der Waals surface area contributed by atoms with E-state index in [1.165, 1.54) is 16.6 Å². The highest BCUT2D eigenvalue weighted by atomic mass is 32.2. The molecule has 0 radical (unpaired) electrons. The van der Waals surface area contributed by atoms with Gasteiger partial charge in [-0.25, -0.2) is 8.42 Å². The Bertz CT molecular complexity index is 961. The van der Waals surface area contributed by atoms with E-state index in [0.29, 0.717) is 31.8 Å². The summed E-state index contributed by atoms with van der Waals surface area (Å²) >= 11 is 0. The summed E-state index contributed by atoms with van der Waals surface area (Å²) in [6.07, 6.45) is 3.94. The fourth-order valence-electron chi connectivity index (χ4n) is 3.70. The first kappa shape index (κ1) is 18.1. The maximum atomic E-state index is 12.8. The summed E-state index contributed by atoms with van der Waals surface area (Å²) in [4.78, 5) is 13.0. The molecule has 1 amide bonds. The number of sulfonamides is 1. The number of fused-ring (bicyclic) bond motifs is 1. The lowest BCUT2D eigenvalue weighted by Crippen LogP contribution is -2.33. The van der Waals surface area contributed by atoms with Crippen LogP contribution in [0.15, 0.2) is 41.4 Å². The summed E-state index contributed by atoms with van der Waals surface area (Å²) in [5.74, 6) is 0.486. The molecule has 0 saturated carbocycles. The van der Waals surface area contributed by atoms with E-state index in [2.05, 4.69) is 5.32 Å². The van der Waals surface area contributed by atoms with E-state index >= 15 is 0 Å². The zero-order valence-corrected chi connectivity index (χ0v) is 16.0. The second-order valence-corrected chi connectivity index (χ2v) is 8.92. The van der Waals surface area contributed by atoms with Crippen LogP contribution in [0.4, 0.5) is 0 Å². The van der Waals surface area contributed by atoms with Crippen LogP contribution < -0.4 is 10.1 Å². The van der Waals surface area contributed by atoms with Gasteiger partial charge in [0, 0.05) is 38.3 Å². The van der Waals surface area contributed by atoms with Crippen molar-refractivity contribution in [2.24, 2.45) is 7.05 Å². The van der Waals surface area contributed by atoms with Gasteiger partial charge in [0.25, 0.3) is 5.91 Å². The summed E-state index contributed by atoms with van der Waals surface area (Å²) in [6, 6.07) is 8.95. The molecular weight excluding hydrogens is 366 g/mol. The molecule has 7 nitrogen and oxygen atoms in total. The fourth-order valence-corrected chi connectivity index (χ4v) is 5.29. The Morgan fingerprint density at radius 2 is 1.96 bits per heavy atom. The first-order valence-corrected chi connectivity index (χ1v) is 10.6. The van der Waals surface area contributed by atoms with Crippen molar-refractivity contribution in [1.29, 1.82) is 0 Å². The molecule has 0 aliphatic carbocycles. The number of amides is 1. The molecule has 144 valence electrons. The number of carbonyl (C=O) groups is 1. The lowest BCUT2D eigenvalue weighted by atomic mass is 10.0. The molecule has 4 rings (SSSR count). The predicted molar refractivity (Wildman–Crippen MR) is 100 cm³/mol. The van der Waals surface area contributed by atoms with Gasteiger partial charge in [0.15, 0.2) is 0 Å². The van der Waals surface area contributed by atoms with Gasteiger partial charge in [-0.05, 0) is 25.0 Å². The van der Waals surface area contributed by atoms with Crippen LogP contribution in [-0.4, -0.2) is 42.9 Å². The van der Waals surface area contributed by atoms with Crippen molar-refractivity contribution in [2.45, 2.75) is 30.2 Å². The van der Waals surface area contributed by atoms with Crippen molar-refractivity contribution >= 4 is 15.9 Å². The molecule has 1 atom stereocenters. The maximum absolute atomic E-state index is 12.8. The van der Waals surface area contributed by atoms with Crippen LogP contribution in [-0.2, 0) is 17.1 Å². The molecule has 3 heterocycles. The van der Waals surface area contributed by atoms with Gasteiger partial charge >= 0.3 is 0 Å². The molecule has 1 saturated heterocycles. The molecule has 0 bridgehead atoms. The lowest BCUT2D eigenvalue weighted by Gasteiger charge is -2.26. The Hall–Kier alpha value is -2.32. The Morgan fingerprint density at radius 1 is 1.22 bits per heavy atom. The van der Waals surface area contributed by atoms with E-state index in [-0.39, 0.29) is 16.8 Å². The van der Waals surface area contributed by atoms with E-state index in [4.69, 9.17) is 4.74 Å². The highest BCUT2D eigenvalue weighted by Gasteiger charge is 2.30. The Kier molecular flexibility index (Phi) is 4.69. The minimum Gasteiger partial charge on any atom is -0.493 e. The number of para-hydroxylation sites is 1. The number of aromatic nitrogens is 1. The molecule has 1 N–H and O–H groups in total. The third-order valence-electron chi connectivity index (χ3n) is 5.18. The van der Waals surface area contributed by atoms with Crippen LogP contribution in [0.2, 0.25) is 0 Å². The van der Waals surface area contributed by atoms with Crippen molar-refractivity contribution in [1.82, 2.24) is 14.2 Å². The molecule has 2 aliphatic heterocycles. The number of hydrogen-bond acceptors (Lipinski definition) is 4. The minimum atomic E-state index is -3.54. The molecule has 27 heavy (non-hydrogen) atoms. The van der Waals surface area contributed by atoms with Crippen LogP contribution in [0.25, 0.3) is 0 Å². The van der Waals surface area contributed by atoms with Gasteiger partial charge in [-0.3, -0.25) is 4.79 Å². The highest BCUT2D eigenvalue weighted by molar-refractivity contribution is 7.89. The molecule has 0 unspecified atom stereocenters. The van der Waals surface area contributed by atoms with E-state index in [0.717, 1.165) is 24.2 Å². The van der Waals surface area contributed by atoms with Gasteiger partial charge in [0.05, 0.1) is 12.6 Å². The Balaban J connectivity index is 1.56. The van der Waals surface area contributed by atoms with E-state index < -0.39 is 10.0 Å². The number of hydrogen-bond donors (Lipinski definition) is 1. The van der Waals surface area contributed by atoms with Gasteiger partial charge in [-0.2, -0.15) is 4.31 Å². The predicted octanol–water partition coefficient (Wildman–Crippen LogP) is 2.06. The second-order valence-electron chi connectivity index (χ2n) is 6.98. The molecule has 2 aromatic rings. The van der Waals surface area contributed by atoms with Crippen molar-refractivity contribution in [3.05, 3.63) is 47.8 Å². The van der Waals surface area contributed by atoms with Gasteiger partial charge in [0.1, 0.15) is 16.3 Å². The molecule has 8 heteroatoms. The number of carbonyl (C=O) groups excluding carboxylic acids is 1. The average Bonchev–Trinajstić information content (AvgIpc) is 3.32. The van der Waals surface area contributed by atoms with Gasteiger partial charge in [-0.15, -0.1) is 0 Å². The van der Waals surface area contributed by atoms with E-state index in [1.54, 1.807) is 11.6 Å². The fraction of sp³-hybridized carbons (Fsp3) is 0.421. The number of nitrogens with one attached hydrogen (secondary N) is 1. The zero-order chi connectivity index (χ0) is 19.0. The Morgan fingerprint density at radius 3 is 2.74 bits per heavy atom. The van der Waals surface area contributed by atoms with Crippen molar-refractivity contribution in [3.8, 4) is 5.75 Å². The largest absolute Gasteiger partial charge is 0.493 e. The number of ether oxygens (including phenoxy) is 1. The number of rotatable bonds is 4. The molecule has 2 aliphatic rings. The van der Waals surface area contributed by atoms with Crippen LogP contribution >= 0.6 is 0 Å². The summed E-state index contributed by atoms with van der Waals surface area (Å²) in [5.41, 5.74) is 1.27. The Labute approximate surface area is 159 Å². The maximum Gasteiger partial charge on any atom is 0.268 e. The van der Waals surface area contributed by atoms with E-state index in [9.17, 15) is 13.2 Å². The molecule has 1 aromatic heterocycles. The first-order valence-electron chi connectivity index (χ1n) is 9.16. The molecule has 1 aromatic carbocycles. The quantitative estimate of drug-likeness (QED) is 0.868. The smallest absolute Gasteiger partial charge is 0.268 e. The van der Waals surface area contributed by atoms with Crippen LogP contribution in [0, 0.1) is 0 Å². The summed E-state index contributed by atoms with van der Waals surface area (Å²) in [6.45, 7) is 1.61. The number of nitrogens with zero attached hydrogens (tertiary/aromatic N) is 2. The zero-order valence-electron chi connectivity index (χ0n) is 15.2. The normalized spacial score (nSPS) is 20.1. The third kappa shape index (κ3) is 3.35. The standard InChI is InChI=1S/C19H23N3O4S/c1-21-13-14(27(24,25)22-9-4-5-10-22)12-17(21)19(23)20-16-8-11-26-18-7-3-2-6-15(16)18/h2-3,6-7,12-13,16H,4-5,8-11H2,1H3,(H,20,23)/t16-/m0/s1. The monoisotopic (exact) mass is 389 g/mol. The molecule has 0 spiro atoms. The number of benzene rings is 1. The van der Waals surface area contributed by atoms with Crippen LogP contribution in [0.5, 0.6) is 5.75 Å². The summed E-state index contributed by atoms with van der Waals surface area (Å²) in [5, 5.41) is 3.02. The van der Waals surface area contributed by atoms with Gasteiger partial charge < -0.3 is 14.6 Å². The van der Waals surface area contributed by atoms with Crippen molar-refractivity contribution in [2.75, 3.05) is 19.7 Å². The topological polar surface area (TPSA) is 80.6 Å². The van der Waals surface area contributed by atoms with Crippen LogP contribution in [0.3, 0.4) is 0 Å². The molecule has 1 fully saturated rings. The molecular formula is C19H23N3O4S. The van der Waals surface area contributed by atoms with Gasteiger partial charge in [0.2, 0.25) is 10.0 Å². The summed E-state index contributed by atoms with van der Waals surface area (Å²) in [7, 11) is -1.85. The van der Waals surface area contributed by atoms with Gasteiger partial charge in [-0.1, -0.05) is 18.2 Å². The third-order valence-corrected chi connectivity index (χ3v) is 7.04. The second kappa shape index (κ2) is 7.01. The van der Waals surface area contributed by atoms with E-state index in [1.807, 2.05) is 24.3 Å². The number of aryl methyl sites for hydroxylation is 1.